The highest BCUT2D eigenvalue weighted by atomic mass is 16.5. The zero-order valence-electron chi connectivity index (χ0n) is 18.6. The molecule has 4 amide bonds. The highest BCUT2D eigenvalue weighted by molar-refractivity contribution is 6.09. The fourth-order valence-corrected chi connectivity index (χ4v) is 4.29. The van der Waals surface area contributed by atoms with Crippen LogP contribution in [-0.4, -0.2) is 52.7 Å². The first-order valence-corrected chi connectivity index (χ1v) is 10.9. The van der Waals surface area contributed by atoms with Gasteiger partial charge in [-0.05, 0) is 57.6 Å². The number of ether oxygens (including phenoxy) is 1. The van der Waals surface area contributed by atoms with Crippen LogP contribution in [0.25, 0.3) is 0 Å². The molecule has 0 aromatic heterocycles. The molecule has 3 rings (SSSR count). The number of amides is 4. The molecule has 32 heavy (non-hydrogen) atoms. The van der Waals surface area contributed by atoms with E-state index in [0.29, 0.717) is 30.0 Å². The quantitative estimate of drug-likeness (QED) is 0.380. The van der Waals surface area contributed by atoms with E-state index in [1.54, 1.807) is 24.3 Å². The lowest BCUT2D eigenvalue weighted by atomic mass is 9.75. The average Bonchev–Trinajstić information content (AvgIpc) is 2.98. The van der Waals surface area contributed by atoms with Gasteiger partial charge in [-0.25, -0.2) is 4.79 Å². The zero-order chi connectivity index (χ0) is 23.5. The van der Waals surface area contributed by atoms with E-state index in [0.717, 1.165) is 24.2 Å². The van der Waals surface area contributed by atoms with Gasteiger partial charge >= 0.3 is 12.0 Å². The van der Waals surface area contributed by atoms with Gasteiger partial charge in [-0.3, -0.25) is 24.1 Å². The number of para-hydroxylation sites is 1. The normalized spacial score (nSPS) is 23.6. The number of carbonyl (C=O) groups excluding carboxylic acids is 5. The summed E-state index contributed by atoms with van der Waals surface area (Å²) in [6.07, 6.45) is 2.65. The maximum atomic E-state index is 12.9. The second-order valence-corrected chi connectivity index (χ2v) is 8.48. The Bertz CT molecular complexity index is 935. The van der Waals surface area contributed by atoms with Crippen LogP contribution in [0.1, 0.15) is 63.2 Å². The summed E-state index contributed by atoms with van der Waals surface area (Å²) in [5.74, 6) is -1.58. The highest BCUT2D eigenvalue weighted by Gasteiger charge is 2.52. The van der Waals surface area contributed by atoms with Crippen LogP contribution in [0.3, 0.4) is 0 Å². The molecule has 2 aliphatic rings. The first-order chi connectivity index (χ1) is 15.2. The van der Waals surface area contributed by atoms with E-state index in [2.05, 4.69) is 17.6 Å². The Kier molecular flexibility index (Phi) is 6.96. The number of Topliss-reactive ketones (excluding diaryl/α,β-unsaturated/α-hetero) is 1. The molecular weight excluding hydrogens is 414 g/mol. The topological polar surface area (TPSA) is 122 Å². The number of urea groups is 1. The van der Waals surface area contributed by atoms with E-state index in [1.807, 2.05) is 0 Å². The van der Waals surface area contributed by atoms with Crippen LogP contribution in [0.2, 0.25) is 0 Å². The molecule has 172 valence electrons. The van der Waals surface area contributed by atoms with Crippen LogP contribution < -0.4 is 10.6 Å². The van der Waals surface area contributed by atoms with Crippen molar-refractivity contribution in [1.82, 2.24) is 10.2 Å². The zero-order valence-corrected chi connectivity index (χ0v) is 18.6. The van der Waals surface area contributed by atoms with Crippen LogP contribution >= 0.6 is 0 Å². The van der Waals surface area contributed by atoms with Crippen molar-refractivity contribution in [1.29, 1.82) is 0 Å². The second kappa shape index (κ2) is 9.50. The third-order valence-corrected chi connectivity index (χ3v) is 6.31. The molecule has 0 bridgehead atoms. The SMILES string of the molecule is CCC1CCC2(CC1)NC(=O)N(CC(=O)OC(C)C(=O)Nc1ccccc1C(C)=O)C2=O. The Morgan fingerprint density at radius 2 is 1.88 bits per heavy atom. The largest absolute Gasteiger partial charge is 0.451 e. The van der Waals surface area contributed by atoms with Crippen molar-refractivity contribution in [2.24, 2.45) is 5.92 Å². The maximum Gasteiger partial charge on any atom is 0.327 e. The predicted molar refractivity (Wildman–Crippen MR) is 116 cm³/mol. The monoisotopic (exact) mass is 443 g/mol. The molecule has 1 aliphatic heterocycles. The van der Waals surface area contributed by atoms with E-state index in [1.165, 1.54) is 13.8 Å². The van der Waals surface area contributed by atoms with Crippen molar-refractivity contribution in [2.75, 3.05) is 11.9 Å². The molecule has 1 spiro atoms. The molecule has 2 N–H and O–H groups in total. The van der Waals surface area contributed by atoms with Gasteiger partial charge in [0.15, 0.2) is 11.9 Å². The summed E-state index contributed by atoms with van der Waals surface area (Å²) < 4.78 is 5.14. The Labute approximate surface area is 186 Å². The smallest absolute Gasteiger partial charge is 0.327 e. The molecule has 1 unspecified atom stereocenters. The van der Waals surface area contributed by atoms with Gasteiger partial charge in [-0.1, -0.05) is 25.5 Å². The number of hydrogen-bond acceptors (Lipinski definition) is 6. The number of imide groups is 1. The Morgan fingerprint density at radius 3 is 2.50 bits per heavy atom. The lowest BCUT2D eigenvalue weighted by Gasteiger charge is -2.34. The first-order valence-electron chi connectivity index (χ1n) is 10.9. The lowest BCUT2D eigenvalue weighted by Crippen LogP contribution is -2.49. The van der Waals surface area contributed by atoms with E-state index in [-0.39, 0.29) is 5.78 Å². The summed E-state index contributed by atoms with van der Waals surface area (Å²) in [6, 6.07) is 5.88. The summed E-state index contributed by atoms with van der Waals surface area (Å²) in [5.41, 5.74) is -0.295. The fourth-order valence-electron chi connectivity index (χ4n) is 4.29. The van der Waals surface area contributed by atoms with Crippen LogP contribution in [0.5, 0.6) is 0 Å². The van der Waals surface area contributed by atoms with E-state index >= 15 is 0 Å². The molecular formula is C23H29N3O6. The molecule has 1 aliphatic carbocycles. The Morgan fingerprint density at radius 1 is 1.22 bits per heavy atom. The summed E-state index contributed by atoms with van der Waals surface area (Å²) in [6.45, 7) is 4.30. The lowest BCUT2D eigenvalue weighted by molar-refractivity contribution is -0.155. The Hall–Kier alpha value is -3.23. The van der Waals surface area contributed by atoms with E-state index in [4.69, 9.17) is 4.74 Å². The number of nitrogens with one attached hydrogen (secondary N) is 2. The van der Waals surface area contributed by atoms with Crippen LogP contribution in [-0.2, 0) is 19.1 Å². The summed E-state index contributed by atoms with van der Waals surface area (Å²) in [5, 5.41) is 5.33. The van der Waals surface area contributed by atoms with Gasteiger partial charge in [0.05, 0.1) is 5.69 Å². The van der Waals surface area contributed by atoms with Crippen LogP contribution in [0.4, 0.5) is 10.5 Å². The average molecular weight is 444 g/mol. The molecule has 9 nitrogen and oxygen atoms in total. The standard InChI is InChI=1S/C23H29N3O6/c1-4-16-9-11-23(12-10-16)21(30)26(22(31)25-23)13-19(28)32-15(3)20(29)24-18-8-6-5-7-17(18)14(2)27/h5-8,15-16H,4,9-13H2,1-3H3,(H,24,29)(H,25,31). The molecule has 1 saturated heterocycles. The Balaban J connectivity index is 1.57. The number of hydrogen-bond donors (Lipinski definition) is 2. The number of rotatable bonds is 7. The summed E-state index contributed by atoms with van der Waals surface area (Å²) in [4.78, 5) is 62.7. The van der Waals surface area contributed by atoms with Crippen molar-refractivity contribution in [3.8, 4) is 0 Å². The van der Waals surface area contributed by atoms with Crippen molar-refractivity contribution >= 4 is 35.3 Å². The number of ketones is 1. The first kappa shape index (κ1) is 23.4. The molecule has 1 aromatic rings. The number of anilines is 1. The summed E-state index contributed by atoms with van der Waals surface area (Å²) >= 11 is 0. The van der Waals surface area contributed by atoms with Gasteiger partial charge < -0.3 is 15.4 Å². The molecule has 0 radical (unpaired) electrons. The van der Waals surface area contributed by atoms with Crippen molar-refractivity contribution in [3.63, 3.8) is 0 Å². The molecule has 9 heteroatoms. The minimum absolute atomic E-state index is 0.217. The molecule has 1 heterocycles. The van der Waals surface area contributed by atoms with Crippen molar-refractivity contribution in [2.45, 2.75) is 64.5 Å². The van der Waals surface area contributed by atoms with E-state index in [9.17, 15) is 24.0 Å². The van der Waals surface area contributed by atoms with Gasteiger partial charge in [0.25, 0.3) is 11.8 Å². The second-order valence-electron chi connectivity index (χ2n) is 8.48. The molecule has 1 atom stereocenters. The third kappa shape index (κ3) is 4.81. The van der Waals surface area contributed by atoms with Gasteiger partial charge in [0.2, 0.25) is 0 Å². The molecule has 2 fully saturated rings. The fraction of sp³-hybridized carbons (Fsp3) is 0.522. The van der Waals surface area contributed by atoms with Crippen molar-refractivity contribution < 1.29 is 28.7 Å². The van der Waals surface area contributed by atoms with Crippen molar-refractivity contribution in [3.05, 3.63) is 29.8 Å². The number of esters is 1. The van der Waals surface area contributed by atoms with E-state index < -0.39 is 42.0 Å². The maximum absolute atomic E-state index is 12.9. The minimum atomic E-state index is -1.18. The van der Waals surface area contributed by atoms with Gasteiger partial charge in [-0.2, -0.15) is 0 Å². The van der Waals surface area contributed by atoms with Gasteiger partial charge in [0.1, 0.15) is 12.1 Å². The van der Waals surface area contributed by atoms with Crippen LogP contribution in [0.15, 0.2) is 24.3 Å². The van der Waals surface area contributed by atoms with Gasteiger partial charge in [0, 0.05) is 5.56 Å². The number of nitrogens with zero attached hydrogens (tertiary/aromatic N) is 1. The van der Waals surface area contributed by atoms with Crippen LogP contribution in [0, 0.1) is 5.92 Å². The number of carbonyl (C=O) groups is 5. The molecule has 1 saturated carbocycles. The van der Waals surface area contributed by atoms with Gasteiger partial charge in [-0.15, -0.1) is 0 Å². The third-order valence-electron chi connectivity index (χ3n) is 6.31. The number of benzene rings is 1. The molecule has 1 aromatic carbocycles. The predicted octanol–water partition coefficient (Wildman–Crippen LogP) is 2.65. The summed E-state index contributed by atoms with van der Waals surface area (Å²) in [7, 11) is 0. The minimum Gasteiger partial charge on any atom is -0.451 e. The highest BCUT2D eigenvalue weighted by Crippen LogP contribution is 2.37.